The molecule has 3 aliphatic rings. The third kappa shape index (κ3) is 3.93. The van der Waals surface area contributed by atoms with Crippen molar-refractivity contribution >= 4 is 5.91 Å². The maximum absolute atomic E-state index is 14.0. The van der Waals surface area contributed by atoms with Gasteiger partial charge in [-0.25, -0.2) is 4.68 Å². The van der Waals surface area contributed by atoms with Gasteiger partial charge in [0.05, 0.1) is 31.0 Å². The molecular formula is C28H30N6O4. The Hall–Kier alpha value is -3.85. The smallest absolute Gasteiger partial charge is 0.255 e. The number of nitrogens with zero attached hydrogens (tertiary/aromatic N) is 6. The minimum atomic E-state index is -1.02. The molecule has 4 atom stereocenters. The Morgan fingerprint density at radius 1 is 1.24 bits per heavy atom. The second-order valence-corrected chi connectivity index (χ2v) is 10.2. The molecule has 2 aliphatic heterocycles. The number of aliphatic hydroxyl groups is 1. The highest BCUT2D eigenvalue weighted by Crippen LogP contribution is 2.52. The highest BCUT2D eigenvalue weighted by Gasteiger charge is 2.59. The molecule has 196 valence electrons. The molecular weight excluding hydrogens is 484 g/mol. The number of rotatable bonds is 6. The van der Waals surface area contributed by atoms with E-state index in [0.717, 1.165) is 48.1 Å². The van der Waals surface area contributed by atoms with Gasteiger partial charge < -0.3 is 19.5 Å². The number of carbonyl (C=O) groups is 1. The van der Waals surface area contributed by atoms with Crippen molar-refractivity contribution in [3.8, 4) is 16.9 Å². The summed E-state index contributed by atoms with van der Waals surface area (Å²) in [6, 6.07) is 12.8. The van der Waals surface area contributed by atoms with Gasteiger partial charge in [0, 0.05) is 35.4 Å². The van der Waals surface area contributed by atoms with Crippen molar-refractivity contribution in [3.63, 3.8) is 0 Å². The predicted octanol–water partition coefficient (Wildman–Crippen LogP) is 4.94. The van der Waals surface area contributed by atoms with E-state index < -0.39 is 17.7 Å². The molecule has 3 heterocycles. The van der Waals surface area contributed by atoms with E-state index >= 15 is 0 Å². The Kier molecular flexibility index (Phi) is 6.31. The first kappa shape index (κ1) is 24.5. The van der Waals surface area contributed by atoms with E-state index in [0.29, 0.717) is 24.2 Å². The summed E-state index contributed by atoms with van der Waals surface area (Å²) >= 11 is 0. The lowest BCUT2D eigenvalue weighted by molar-refractivity contribution is -0.0394. The lowest BCUT2D eigenvalue weighted by Gasteiger charge is -2.39. The molecule has 1 saturated carbocycles. The summed E-state index contributed by atoms with van der Waals surface area (Å²) in [6.45, 7) is 1.02. The minimum Gasteiger partial charge on any atom is -0.497 e. The van der Waals surface area contributed by atoms with Crippen LogP contribution in [0.2, 0.25) is 0 Å². The second kappa shape index (κ2) is 9.79. The van der Waals surface area contributed by atoms with Crippen molar-refractivity contribution < 1.29 is 19.4 Å². The molecule has 0 bridgehead atoms. The first-order valence-corrected chi connectivity index (χ1v) is 13.0. The van der Waals surface area contributed by atoms with Gasteiger partial charge in [-0.2, -0.15) is 5.10 Å². The number of carbonyl (C=O) groups excluding carboxylic acids is 1. The second-order valence-electron chi connectivity index (χ2n) is 10.2. The van der Waals surface area contributed by atoms with E-state index in [4.69, 9.17) is 15.0 Å². The summed E-state index contributed by atoms with van der Waals surface area (Å²) in [7, 11) is 1.60. The third-order valence-electron chi connectivity index (χ3n) is 8.18. The first-order chi connectivity index (χ1) is 18.5. The topological polar surface area (TPSA) is 126 Å². The molecule has 2 aromatic carbocycles. The van der Waals surface area contributed by atoms with Crippen LogP contribution >= 0.6 is 0 Å². The lowest BCUT2D eigenvalue weighted by Crippen LogP contribution is -2.50. The van der Waals surface area contributed by atoms with Crippen LogP contribution in [0.15, 0.2) is 60.0 Å². The summed E-state index contributed by atoms with van der Waals surface area (Å²) in [4.78, 5) is 18.7. The maximum atomic E-state index is 14.0. The number of amides is 1. The standard InChI is InChI=1S/C28H30N6O4/c1-37-21-6-4-5-18(13-21)16-33-27(36)22-14-19(20-15-30-34(17-20)25-7-2-3-12-38-25)8-9-23(22)28(33)11-10-24(26(28)35)31-32-29/h4-6,8-9,13-15,17,24-26,35H,2-3,7,10-12,16H2,1H3. The molecule has 10 heteroatoms. The Balaban J connectivity index is 1.39. The van der Waals surface area contributed by atoms with Crippen LogP contribution in [0.5, 0.6) is 5.75 Å². The van der Waals surface area contributed by atoms with Gasteiger partial charge in [-0.15, -0.1) is 0 Å². The maximum Gasteiger partial charge on any atom is 0.255 e. The molecule has 1 aromatic heterocycles. The summed E-state index contributed by atoms with van der Waals surface area (Å²) in [5, 5.41) is 19.9. The van der Waals surface area contributed by atoms with E-state index in [1.807, 2.05) is 53.3 Å². The van der Waals surface area contributed by atoms with E-state index in [1.165, 1.54) is 0 Å². The SMILES string of the molecule is COc1cccc(CN2C(=O)c3cc(-c4cnn(C5CCCCO5)c4)ccc3C23CCC(N=[N+]=[N-])C3O)c1. The number of ether oxygens (including phenoxy) is 2. The van der Waals surface area contributed by atoms with Crippen LogP contribution in [-0.4, -0.2) is 51.6 Å². The molecule has 3 aromatic rings. The quantitative estimate of drug-likeness (QED) is 0.283. The van der Waals surface area contributed by atoms with E-state index in [2.05, 4.69) is 15.1 Å². The average Bonchev–Trinajstić information content (AvgIpc) is 3.63. The van der Waals surface area contributed by atoms with Crippen molar-refractivity contribution in [2.75, 3.05) is 13.7 Å². The normalized spacial score (nSPS) is 26.4. The lowest BCUT2D eigenvalue weighted by atomic mass is 9.84. The monoisotopic (exact) mass is 514 g/mol. The van der Waals surface area contributed by atoms with Gasteiger partial charge in [-0.3, -0.25) is 4.79 Å². The Morgan fingerprint density at radius 2 is 2.13 bits per heavy atom. The molecule has 38 heavy (non-hydrogen) atoms. The van der Waals surface area contributed by atoms with Gasteiger partial charge in [-0.1, -0.05) is 29.4 Å². The zero-order valence-electron chi connectivity index (χ0n) is 21.2. The highest BCUT2D eigenvalue weighted by molar-refractivity contribution is 6.01. The van der Waals surface area contributed by atoms with Gasteiger partial charge in [0.15, 0.2) is 0 Å². The molecule has 1 N–H and O–H groups in total. The van der Waals surface area contributed by atoms with Crippen molar-refractivity contribution in [1.29, 1.82) is 0 Å². The molecule has 10 nitrogen and oxygen atoms in total. The molecule has 1 amide bonds. The molecule has 1 spiro atoms. The summed E-state index contributed by atoms with van der Waals surface area (Å²) < 4.78 is 13.1. The van der Waals surface area contributed by atoms with E-state index in [9.17, 15) is 9.90 Å². The number of hydrogen-bond acceptors (Lipinski definition) is 6. The number of aromatic nitrogens is 2. The third-order valence-corrected chi connectivity index (χ3v) is 8.18. The van der Waals surface area contributed by atoms with Crippen LogP contribution in [0.25, 0.3) is 21.6 Å². The van der Waals surface area contributed by atoms with Crippen LogP contribution in [0.4, 0.5) is 0 Å². The fraction of sp³-hybridized carbons (Fsp3) is 0.429. The van der Waals surface area contributed by atoms with E-state index in [1.54, 1.807) is 18.2 Å². The van der Waals surface area contributed by atoms with Crippen LogP contribution in [0.3, 0.4) is 0 Å². The molecule has 6 rings (SSSR count). The average molecular weight is 515 g/mol. The molecule has 4 unspecified atom stereocenters. The van der Waals surface area contributed by atoms with Gasteiger partial charge >= 0.3 is 0 Å². The van der Waals surface area contributed by atoms with Crippen LogP contribution < -0.4 is 4.74 Å². The first-order valence-electron chi connectivity index (χ1n) is 13.0. The zero-order chi connectivity index (χ0) is 26.3. The number of benzene rings is 2. The van der Waals surface area contributed by atoms with Crippen LogP contribution in [0, 0.1) is 0 Å². The van der Waals surface area contributed by atoms with E-state index in [-0.39, 0.29) is 18.7 Å². The Morgan fingerprint density at radius 3 is 2.92 bits per heavy atom. The number of hydrogen-bond donors (Lipinski definition) is 1. The summed E-state index contributed by atoms with van der Waals surface area (Å²) in [5.74, 6) is 0.536. The molecule has 1 aliphatic carbocycles. The Labute approximate surface area is 220 Å². The van der Waals surface area contributed by atoms with Gasteiger partial charge in [0.1, 0.15) is 12.0 Å². The number of fused-ring (bicyclic) bond motifs is 2. The van der Waals surface area contributed by atoms with Crippen LogP contribution in [0.1, 0.15) is 59.8 Å². The minimum absolute atomic E-state index is 0.0681. The molecule has 1 saturated heterocycles. The predicted molar refractivity (Wildman–Crippen MR) is 139 cm³/mol. The fourth-order valence-electron chi connectivity index (χ4n) is 6.26. The number of azide groups is 1. The van der Waals surface area contributed by atoms with Crippen LogP contribution in [-0.2, 0) is 16.8 Å². The van der Waals surface area contributed by atoms with Crippen molar-refractivity contribution in [2.24, 2.45) is 5.11 Å². The molecule has 2 fully saturated rings. The van der Waals surface area contributed by atoms with Gasteiger partial charge in [0.2, 0.25) is 0 Å². The highest BCUT2D eigenvalue weighted by atomic mass is 16.5. The summed E-state index contributed by atoms with van der Waals surface area (Å²) in [5.41, 5.74) is 12.1. The number of methoxy groups -OCH3 is 1. The molecule has 0 radical (unpaired) electrons. The largest absolute Gasteiger partial charge is 0.497 e. The number of aliphatic hydroxyl groups excluding tert-OH is 1. The summed E-state index contributed by atoms with van der Waals surface area (Å²) in [6.07, 6.45) is 6.76. The van der Waals surface area contributed by atoms with Gasteiger partial charge in [0.25, 0.3) is 5.91 Å². The Bertz CT molecular complexity index is 1410. The van der Waals surface area contributed by atoms with Gasteiger partial charge in [-0.05, 0) is 72.5 Å². The van der Waals surface area contributed by atoms with Crippen molar-refractivity contribution in [2.45, 2.75) is 62.6 Å². The fourth-order valence-corrected chi connectivity index (χ4v) is 6.26. The zero-order valence-corrected chi connectivity index (χ0v) is 21.2. The van der Waals surface area contributed by atoms with Crippen molar-refractivity contribution in [3.05, 3.63) is 82.0 Å². The van der Waals surface area contributed by atoms with Crippen molar-refractivity contribution in [1.82, 2.24) is 14.7 Å².